The van der Waals surface area contributed by atoms with Crippen LogP contribution in [0.4, 0.5) is 0 Å². The maximum Gasteiger partial charge on any atom is 0.0944 e. The van der Waals surface area contributed by atoms with Gasteiger partial charge in [-0.2, -0.15) is 0 Å². The SMILES string of the molecule is C=CCC[C@@H]1CCCC12CO2. The summed E-state index contributed by atoms with van der Waals surface area (Å²) in [5, 5.41) is 0. The molecule has 2 rings (SSSR count). The van der Waals surface area contributed by atoms with Crippen molar-refractivity contribution in [1.29, 1.82) is 0 Å². The van der Waals surface area contributed by atoms with E-state index >= 15 is 0 Å². The second kappa shape index (κ2) is 2.63. The Labute approximate surface area is 68.4 Å². The van der Waals surface area contributed by atoms with E-state index in [0.29, 0.717) is 5.60 Å². The highest BCUT2D eigenvalue weighted by Gasteiger charge is 2.53. The molecule has 1 aliphatic carbocycles. The molecule has 0 aromatic rings. The van der Waals surface area contributed by atoms with Crippen molar-refractivity contribution in [2.45, 2.75) is 37.7 Å². The van der Waals surface area contributed by atoms with E-state index in [1.165, 1.54) is 25.7 Å². The fraction of sp³-hybridized carbons (Fsp3) is 0.800. The van der Waals surface area contributed by atoms with Gasteiger partial charge in [-0.25, -0.2) is 0 Å². The lowest BCUT2D eigenvalue weighted by Gasteiger charge is -2.13. The number of hydrogen-bond acceptors (Lipinski definition) is 1. The zero-order valence-electron chi connectivity index (χ0n) is 7.01. The van der Waals surface area contributed by atoms with E-state index in [0.717, 1.165) is 18.9 Å². The Morgan fingerprint density at radius 1 is 1.64 bits per heavy atom. The first kappa shape index (κ1) is 7.35. The van der Waals surface area contributed by atoms with Crippen molar-refractivity contribution in [2.75, 3.05) is 6.61 Å². The summed E-state index contributed by atoms with van der Waals surface area (Å²) >= 11 is 0. The normalized spacial score (nSPS) is 41.3. The Bertz CT molecular complexity index is 158. The molecule has 1 heterocycles. The van der Waals surface area contributed by atoms with E-state index in [2.05, 4.69) is 6.58 Å². The summed E-state index contributed by atoms with van der Waals surface area (Å²) in [6.45, 7) is 4.79. The quantitative estimate of drug-likeness (QED) is 0.447. The molecule has 2 aliphatic rings. The predicted octanol–water partition coefficient (Wildman–Crippen LogP) is 2.52. The zero-order chi connectivity index (χ0) is 7.73. The van der Waals surface area contributed by atoms with Crippen LogP contribution in [0.25, 0.3) is 0 Å². The van der Waals surface area contributed by atoms with Crippen LogP contribution >= 0.6 is 0 Å². The van der Waals surface area contributed by atoms with Gasteiger partial charge in [-0.3, -0.25) is 0 Å². The predicted molar refractivity (Wildman–Crippen MR) is 45.5 cm³/mol. The van der Waals surface area contributed by atoms with Crippen LogP contribution in [0.15, 0.2) is 12.7 Å². The number of rotatable bonds is 3. The Morgan fingerprint density at radius 2 is 2.45 bits per heavy atom. The molecule has 0 N–H and O–H groups in total. The van der Waals surface area contributed by atoms with E-state index in [-0.39, 0.29) is 0 Å². The molecule has 62 valence electrons. The van der Waals surface area contributed by atoms with Crippen molar-refractivity contribution < 1.29 is 4.74 Å². The molecule has 1 unspecified atom stereocenters. The van der Waals surface area contributed by atoms with Crippen molar-refractivity contribution in [3.8, 4) is 0 Å². The number of allylic oxidation sites excluding steroid dienone is 1. The summed E-state index contributed by atoms with van der Waals surface area (Å²) in [5.74, 6) is 0.848. The largest absolute Gasteiger partial charge is 0.369 e. The summed E-state index contributed by atoms with van der Waals surface area (Å²) in [7, 11) is 0. The van der Waals surface area contributed by atoms with Gasteiger partial charge < -0.3 is 4.74 Å². The molecule has 1 saturated carbocycles. The molecule has 0 radical (unpaired) electrons. The summed E-state index contributed by atoms with van der Waals surface area (Å²) in [5.41, 5.74) is 0.364. The van der Waals surface area contributed by atoms with Crippen molar-refractivity contribution in [2.24, 2.45) is 5.92 Å². The van der Waals surface area contributed by atoms with Gasteiger partial charge in [0.25, 0.3) is 0 Å². The van der Waals surface area contributed by atoms with Crippen LogP contribution in [0.2, 0.25) is 0 Å². The molecule has 0 amide bonds. The van der Waals surface area contributed by atoms with Crippen LogP contribution in [0, 0.1) is 5.92 Å². The topological polar surface area (TPSA) is 12.5 Å². The first-order valence-electron chi connectivity index (χ1n) is 4.62. The van der Waals surface area contributed by atoms with Crippen LogP contribution in [0.1, 0.15) is 32.1 Å². The highest BCUT2D eigenvalue weighted by Crippen LogP contribution is 2.49. The van der Waals surface area contributed by atoms with Gasteiger partial charge >= 0.3 is 0 Å². The molecule has 0 bridgehead atoms. The summed E-state index contributed by atoms with van der Waals surface area (Å²) in [6, 6.07) is 0. The third kappa shape index (κ3) is 1.22. The van der Waals surface area contributed by atoms with E-state index in [9.17, 15) is 0 Å². The first-order chi connectivity index (χ1) is 5.37. The smallest absolute Gasteiger partial charge is 0.0944 e. The highest BCUT2D eigenvalue weighted by molar-refractivity contribution is 5.02. The van der Waals surface area contributed by atoms with E-state index in [4.69, 9.17) is 4.74 Å². The average molecular weight is 152 g/mol. The molecule has 1 aliphatic heterocycles. The summed E-state index contributed by atoms with van der Waals surface area (Å²) in [4.78, 5) is 0. The maximum atomic E-state index is 5.53. The zero-order valence-corrected chi connectivity index (χ0v) is 7.01. The van der Waals surface area contributed by atoms with Crippen LogP contribution in [-0.4, -0.2) is 12.2 Å². The fourth-order valence-corrected chi connectivity index (χ4v) is 2.31. The van der Waals surface area contributed by atoms with Crippen molar-refractivity contribution >= 4 is 0 Å². The third-order valence-corrected chi connectivity index (χ3v) is 3.13. The Hall–Kier alpha value is -0.300. The van der Waals surface area contributed by atoms with Gasteiger partial charge in [0.1, 0.15) is 0 Å². The number of ether oxygens (including phenoxy) is 1. The van der Waals surface area contributed by atoms with Crippen molar-refractivity contribution in [1.82, 2.24) is 0 Å². The molecular formula is C10H16O. The van der Waals surface area contributed by atoms with Gasteiger partial charge in [0.2, 0.25) is 0 Å². The fourth-order valence-electron chi connectivity index (χ4n) is 2.31. The minimum Gasteiger partial charge on any atom is -0.369 e. The Morgan fingerprint density at radius 3 is 3.09 bits per heavy atom. The lowest BCUT2D eigenvalue weighted by atomic mass is 9.92. The lowest BCUT2D eigenvalue weighted by Crippen LogP contribution is -2.16. The van der Waals surface area contributed by atoms with Gasteiger partial charge in [-0.1, -0.05) is 12.5 Å². The van der Waals surface area contributed by atoms with Gasteiger partial charge in [-0.05, 0) is 31.6 Å². The van der Waals surface area contributed by atoms with Crippen molar-refractivity contribution in [3.63, 3.8) is 0 Å². The molecule has 1 heteroatoms. The molecule has 1 saturated heterocycles. The van der Waals surface area contributed by atoms with Crippen LogP contribution in [0.5, 0.6) is 0 Å². The van der Waals surface area contributed by atoms with Crippen LogP contribution in [0.3, 0.4) is 0 Å². The monoisotopic (exact) mass is 152 g/mol. The molecule has 0 aromatic heterocycles. The Balaban J connectivity index is 1.87. The van der Waals surface area contributed by atoms with Crippen molar-refractivity contribution in [3.05, 3.63) is 12.7 Å². The van der Waals surface area contributed by atoms with E-state index in [1.54, 1.807) is 0 Å². The van der Waals surface area contributed by atoms with Crippen LogP contribution < -0.4 is 0 Å². The molecule has 2 fully saturated rings. The lowest BCUT2D eigenvalue weighted by molar-refractivity contribution is 0.238. The second-order valence-corrected chi connectivity index (χ2v) is 3.81. The maximum absolute atomic E-state index is 5.53. The molecule has 1 nitrogen and oxygen atoms in total. The number of hydrogen-bond donors (Lipinski definition) is 0. The Kier molecular flexibility index (Phi) is 1.76. The summed E-state index contributed by atoms with van der Waals surface area (Å²) < 4.78 is 5.53. The third-order valence-electron chi connectivity index (χ3n) is 3.13. The summed E-state index contributed by atoms with van der Waals surface area (Å²) in [6.07, 6.45) is 8.55. The molecular weight excluding hydrogens is 136 g/mol. The minimum atomic E-state index is 0.364. The molecule has 0 aromatic carbocycles. The van der Waals surface area contributed by atoms with E-state index < -0.39 is 0 Å². The van der Waals surface area contributed by atoms with Gasteiger partial charge in [0, 0.05) is 0 Å². The second-order valence-electron chi connectivity index (χ2n) is 3.81. The van der Waals surface area contributed by atoms with E-state index in [1.807, 2.05) is 6.08 Å². The van der Waals surface area contributed by atoms with Gasteiger partial charge in [-0.15, -0.1) is 6.58 Å². The van der Waals surface area contributed by atoms with Gasteiger partial charge in [0.05, 0.1) is 12.2 Å². The molecule has 1 spiro atoms. The minimum absolute atomic E-state index is 0.364. The first-order valence-corrected chi connectivity index (χ1v) is 4.62. The number of epoxide rings is 1. The van der Waals surface area contributed by atoms with Crippen LogP contribution in [-0.2, 0) is 4.74 Å². The molecule has 11 heavy (non-hydrogen) atoms. The highest BCUT2D eigenvalue weighted by atomic mass is 16.6. The average Bonchev–Trinajstić information content (AvgIpc) is 2.64. The van der Waals surface area contributed by atoms with Gasteiger partial charge in [0.15, 0.2) is 0 Å². The standard InChI is InChI=1S/C10H16O/c1-2-3-5-9-6-4-7-10(9)8-11-10/h2,9H,1,3-8H2/t9-,10?/m1/s1. The molecule has 2 atom stereocenters.